The van der Waals surface area contributed by atoms with Gasteiger partial charge in [-0.05, 0) is 49.2 Å². The standard InChI is InChI=1S/C19H18F3N3S/c1-18(7-8-25(2)17(23)24-18)11-3-5-15-13(9-11)14-10-12(19(20,21)22)4-6-16(14)26-15/h3-6,9-10H,7-8H2,1-2H3,(H2,23,24)/t18-/m0/s1. The molecule has 0 saturated carbocycles. The molecular formula is C19H18F3N3S. The molecule has 26 heavy (non-hydrogen) atoms. The van der Waals surface area contributed by atoms with Crippen LogP contribution in [0.15, 0.2) is 41.4 Å². The van der Waals surface area contributed by atoms with Crippen molar-refractivity contribution in [1.29, 1.82) is 0 Å². The van der Waals surface area contributed by atoms with Crippen molar-refractivity contribution in [3.8, 4) is 0 Å². The summed E-state index contributed by atoms with van der Waals surface area (Å²) in [7, 11) is 1.90. The summed E-state index contributed by atoms with van der Waals surface area (Å²) in [5.74, 6) is 0.480. The first-order valence-electron chi connectivity index (χ1n) is 8.28. The van der Waals surface area contributed by atoms with Crippen molar-refractivity contribution < 1.29 is 13.2 Å². The predicted molar refractivity (Wildman–Crippen MR) is 101 cm³/mol. The number of hydrogen-bond donors (Lipinski definition) is 1. The van der Waals surface area contributed by atoms with Gasteiger partial charge in [-0.25, -0.2) is 4.99 Å². The van der Waals surface area contributed by atoms with Gasteiger partial charge in [0.05, 0.1) is 11.1 Å². The lowest BCUT2D eigenvalue weighted by molar-refractivity contribution is -0.137. The Balaban J connectivity index is 1.90. The van der Waals surface area contributed by atoms with Crippen LogP contribution >= 0.6 is 11.3 Å². The van der Waals surface area contributed by atoms with E-state index in [0.717, 1.165) is 39.4 Å². The van der Waals surface area contributed by atoms with Gasteiger partial charge < -0.3 is 10.6 Å². The first-order chi connectivity index (χ1) is 12.2. The van der Waals surface area contributed by atoms with Gasteiger partial charge in [0.25, 0.3) is 0 Å². The number of aliphatic imine (C=N–C) groups is 1. The van der Waals surface area contributed by atoms with Gasteiger partial charge in [0.2, 0.25) is 0 Å². The zero-order valence-corrected chi connectivity index (χ0v) is 15.2. The highest BCUT2D eigenvalue weighted by Crippen LogP contribution is 2.41. The summed E-state index contributed by atoms with van der Waals surface area (Å²) < 4.78 is 41.1. The van der Waals surface area contributed by atoms with Crippen LogP contribution in [0.2, 0.25) is 0 Å². The average molecular weight is 377 g/mol. The van der Waals surface area contributed by atoms with Crippen molar-refractivity contribution in [3.05, 3.63) is 47.5 Å². The number of fused-ring (bicyclic) bond motifs is 3. The maximum Gasteiger partial charge on any atom is 0.416 e. The zero-order valence-electron chi connectivity index (χ0n) is 14.4. The summed E-state index contributed by atoms with van der Waals surface area (Å²) in [6.07, 6.45) is -3.55. The van der Waals surface area contributed by atoms with E-state index in [1.165, 1.54) is 17.4 Å². The SMILES string of the molecule is CN1CC[C@@](C)(c2ccc3sc4ccc(C(F)(F)F)cc4c3c2)N=C1N. The fourth-order valence-electron chi connectivity index (χ4n) is 3.39. The van der Waals surface area contributed by atoms with E-state index in [2.05, 4.69) is 4.99 Å². The summed E-state index contributed by atoms with van der Waals surface area (Å²) in [5.41, 5.74) is 5.87. The smallest absolute Gasteiger partial charge is 0.370 e. The summed E-state index contributed by atoms with van der Waals surface area (Å²) >= 11 is 1.50. The number of benzene rings is 2. The fraction of sp³-hybridized carbons (Fsp3) is 0.316. The largest absolute Gasteiger partial charge is 0.416 e. The molecule has 0 saturated heterocycles. The minimum Gasteiger partial charge on any atom is -0.370 e. The normalized spacial score (nSPS) is 21.4. The number of alkyl halides is 3. The molecule has 3 nitrogen and oxygen atoms in total. The Morgan fingerprint density at radius 1 is 1.12 bits per heavy atom. The number of guanidine groups is 1. The highest BCUT2D eigenvalue weighted by atomic mass is 32.1. The van der Waals surface area contributed by atoms with Crippen molar-refractivity contribution in [2.24, 2.45) is 10.7 Å². The van der Waals surface area contributed by atoms with Crippen LogP contribution in [-0.2, 0) is 11.7 Å². The number of hydrogen-bond acceptors (Lipinski definition) is 4. The average Bonchev–Trinajstić information content (AvgIpc) is 2.95. The molecule has 0 radical (unpaired) electrons. The van der Waals surface area contributed by atoms with Crippen molar-refractivity contribution in [3.63, 3.8) is 0 Å². The maximum absolute atomic E-state index is 13.1. The molecule has 0 fully saturated rings. The molecule has 0 unspecified atom stereocenters. The number of thiophene rings is 1. The summed E-state index contributed by atoms with van der Waals surface area (Å²) in [5, 5.41) is 1.47. The number of nitrogens with zero attached hydrogens (tertiary/aromatic N) is 2. The van der Waals surface area contributed by atoms with Gasteiger partial charge >= 0.3 is 6.18 Å². The van der Waals surface area contributed by atoms with E-state index in [4.69, 9.17) is 5.73 Å². The molecule has 0 aliphatic carbocycles. The number of nitrogens with two attached hydrogens (primary N) is 1. The van der Waals surface area contributed by atoms with Gasteiger partial charge in [0, 0.05) is 33.8 Å². The first-order valence-corrected chi connectivity index (χ1v) is 9.09. The van der Waals surface area contributed by atoms with Gasteiger partial charge in [-0.15, -0.1) is 11.3 Å². The van der Waals surface area contributed by atoms with E-state index in [1.54, 1.807) is 6.07 Å². The van der Waals surface area contributed by atoms with E-state index in [-0.39, 0.29) is 0 Å². The Kier molecular flexibility index (Phi) is 3.70. The maximum atomic E-state index is 13.1. The van der Waals surface area contributed by atoms with Crippen LogP contribution in [-0.4, -0.2) is 24.5 Å². The summed E-state index contributed by atoms with van der Waals surface area (Å²) in [6, 6.07) is 9.88. The Labute approximate surface area is 152 Å². The van der Waals surface area contributed by atoms with Gasteiger partial charge in [-0.1, -0.05) is 6.07 Å². The molecule has 1 aromatic heterocycles. The Morgan fingerprint density at radius 3 is 2.42 bits per heavy atom. The minimum atomic E-state index is -4.35. The van der Waals surface area contributed by atoms with Crippen LogP contribution in [0.25, 0.3) is 20.2 Å². The Hall–Kier alpha value is -2.28. The molecule has 1 aliphatic heterocycles. The molecule has 0 bridgehead atoms. The van der Waals surface area contributed by atoms with Gasteiger partial charge in [-0.2, -0.15) is 13.2 Å². The van der Waals surface area contributed by atoms with Crippen molar-refractivity contribution in [2.75, 3.05) is 13.6 Å². The van der Waals surface area contributed by atoms with Gasteiger partial charge in [-0.3, -0.25) is 0 Å². The Morgan fingerprint density at radius 2 is 1.77 bits per heavy atom. The van der Waals surface area contributed by atoms with E-state index in [0.29, 0.717) is 11.3 Å². The quantitative estimate of drug-likeness (QED) is 0.653. The molecule has 4 rings (SSSR count). The van der Waals surface area contributed by atoms with Gasteiger partial charge in [0.1, 0.15) is 0 Å². The van der Waals surface area contributed by atoms with Crippen molar-refractivity contribution in [1.82, 2.24) is 4.90 Å². The van der Waals surface area contributed by atoms with Crippen LogP contribution in [0, 0.1) is 0 Å². The van der Waals surface area contributed by atoms with Crippen LogP contribution < -0.4 is 5.73 Å². The van der Waals surface area contributed by atoms with E-state index in [9.17, 15) is 13.2 Å². The molecule has 2 aromatic carbocycles. The van der Waals surface area contributed by atoms with Gasteiger partial charge in [0.15, 0.2) is 5.96 Å². The highest BCUT2D eigenvalue weighted by molar-refractivity contribution is 7.25. The van der Waals surface area contributed by atoms with Crippen molar-refractivity contribution in [2.45, 2.75) is 25.1 Å². The second-order valence-electron chi connectivity index (χ2n) is 6.94. The number of halogens is 3. The molecule has 136 valence electrons. The monoisotopic (exact) mass is 377 g/mol. The molecule has 1 atom stereocenters. The molecule has 3 aromatic rings. The predicted octanol–water partition coefficient (Wildman–Crippen LogP) is 4.94. The molecule has 1 aliphatic rings. The third kappa shape index (κ3) is 2.70. The topological polar surface area (TPSA) is 41.6 Å². The first kappa shape index (κ1) is 17.1. The lowest BCUT2D eigenvalue weighted by Crippen LogP contribution is -2.43. The number of rotatable bonds is 1. The third-order valence-electron chi connectivity index (χ3n) is 5.10. The van der Waals surface area contributed by atoms with E-state index < -0.39 is 17.3 Å². The van der Waals surface area contributed by atoms with Crippen LogP contribution in [0.5, 0.6) is 0 Å². The van der Waals surface area contributed by atoms with Crippen LogP contribution in [0.4, 0.5) is 13.2 Å². The molecular weight excluding hydrogens is 359 g/mol. The summed E-state index contributed by atoms with van der Waals surface area (Å²) in [4.78, 5) is 6.54. The fourth-order valence-corrected chi connectivity index (χ4v) is 4.46. The second-order valence-corrected chi connectivity index (χ2v) is 8.02. The molecule has 0 amide bonds. The van der Waals surface area contributed by atoms with E-state index >= 15 is 0 Å². The molecule has 7 heteroatoms. The molecule has 2 heterocycles. The second kappa shape index (κ2) is 5.61. The van der Waals surface area contributed by atoms with Crippen molar-refractivity contribution >= 4 is 37.5 Å². The van der Waals surface area contributed by atoms with Crippen LogP contribution in [0.3, 0.4) is 0 Å². The van der Waals surface area contributed by atoms with Crippen LogP contribution in [0.1, 0.15) is 24.5 Å². The Bertz CT molecular complexity index is 1040. The third-order valence-corrected chi connectivity index (χ3v) is 6.26. The lowest BCUT2D eigenvalue weighted by atomic mass is 9.87. The molecule has 0 spiro atoms. The zero-order chi connectivity index (χ0) is 18.7. The minimum absolute atomic E-state index is 0.472. The molecule has 2 N–H and O–H groups in total. The summed E-state index contributed by atoms with van der Waals surface area (Å²) in [6.45, 7) is 2.80. The highest BCUT2D eigenvalue weighted by Gasteiger charge is 2.32. The lowest BCUT2D eigenvalue weighted by Gasteiger charge is -2.35. The van der Waals surface area contributed by atoms with E-state index in [1.807, 2.05) is 37.1 Å².